The Bertz CT molecular complexity index is 471. The fraction of sp³-hybridized carbons (Fsp3) is 0.500. The maximum atomic E-state index is 12.2. The van der Waals surface area contributed by atoms with Crippen LogP contribution >= 0.6 is 11.8 Å². The predicted molar refractivity (Wildman–Crippen MR) is 78.7 cm³/mol. The number of hydrogen-bond donors (Lipinski definition) is 2. The van der Waals surface area contributed by atoms with Crippen LogP contribution in [0.2, 0.25) is 0 Å². The maximum Gasteiger partial charge on any atom is 0.288 e. The van der Waals surface area contributed by atoms with Crippen LogP contribution in [0, 0.1) is 5.92 Å². The van der Waals surface area contributed by atoms with Crippen molar-refractivity contribution in [1.82, 2.24) is 5.32 Å². The fourth-order valence-electron chi connectivity index (χ4n) is 2.23. The van der Waals surface area contributed by atoms with E-state index in [1.54, 1.807) is 24.3 Å². The zero-order valence-corrected chi connectivity index (χ0v) is 12.5. The third-order valence-electron chi connectivity index (χ3n) is 3.23. The molecule has 21 heavy (non-hydrogen) atoms. The molecule has 4 nitrogen and oxygen atoms in total. The van der Waals surface area contributed by atoms with Gasteiger partial charge in [-0.05, 0) is 30.8 Å². The number of nitrogens with one attached hydrogen (secondary N) is 2. The summed E-state index contributed by atoms with van der Waals surface area (Å²) in [6.45, 7) is 3.67. The van der Waals surface area contributed by atoms with E-state index >= 15 is 0 Å². The van der Waals surface area contributed by atoms with Gasteiger partial charge in [0, 0.05) is 16.6 Å². The van der Waals surface area contributed by atoms with Crippen LogP contribution in [0.4, 0.5) is 14.5 Å². The summed E-state index contributed by atoms with van der Waals surface area (Å²) in [6.07, 6.45) is 0. The van der Waals surface area contributed by atoms with Crippen LogP contribution in [0.25, 0.3) is 0 Å². The molecule has 2 rings (SSSR count). The van der Waals surface area contributed by atoms with E-state index in [1.807, 2.05) is 6.92 Å². The minimum Gasteiger partial charge on any atom is -0.379 e. The van der Waals surface area contributed by atoms with Gasteiger partial charge in [-0.3, -0.25) is 4.79 Å². The zero-order chi connectivity index (χ0) is 15.2. The molecule has 1 aliphatic rings. The molecule has 1 aromatic rings. The Morgan fingerprint density at radius 2 is 2.10 bits per heavy atom. The molecule has 0 aliphatic carbocycles. The number of carbonyl (C=O) groups is 1. The highest BCUT2D eigenvalue weighted by Gasteiger charge is 2.33. The molecule has 1 amide bonds. The molecule has 1 saturated heterocycles. The molecule has 7 heteroatoms. The highest BCUT2D eigenvalue weighted by atomic mass is 32.2. The molecule has 0 bridgehead atoms. The third-order valence-corrected chi connectivity index (χ3v) is 3.95. The van der Waals surface area contributed by atoms with Gasteiger partial charge in [0.1, 0.15) is 0 Å². The first-order valence-electron chi connectivity index (χ1n) is 6.77. The normalized spacial score (nSPS) is 21.7. The van der Waals surface area contributed by atoms with E-state index in [2.05, 4.69) is 10.6 Å². The van der Waals surface area contributed by atoms with E-state index in [9.17, 15) is 13.6 Å². The lowest BCUT2D eigenvalue weighted by atomic mass is 10.0. The van der Waals surface area contributed by atoms with Crippen LogP contribution in [-0.2, 0) is 9.53 Å². The number of halogens is 2. The maximum absolute atomic E-state index is 12.2. The molecule has 1 heterocycles. The summed E-state index contributed by atoms with van der Waals surface area (Å²) in [7, 11) is 0. The average Bonchev–Trinajstić information content (AvgIpc) is 2.89. The minimum absolute atomic E-state index is 0.0173. The number of amides is 1. The van der Waals surface area contributed by atoms with Gasteiger partial charge in [-0.25, -0.2) is 0 Å². The van der Waals surface area contributed by atoms with Gasteiger partial charge in [-0.1, -0.05) is 18.7 Å². The van der Waals surface area contributed by atoms with E-state index in [4.69, 9.17) is 4.74 Å². The molecule has 0 radical (unpaired) electrons. The van der Waals surface area contributed by atoms with Crippen LogP contribution in [-0.4, -0.2) is 37.5 Å². The van der Waals surface area contributed by atoms with Gasteiger partial charge >= 0.3 is 0 Å². The second-order valence-corrected chi connectivity index (χ2v) is 5.76. The summed E-state index contributed by atoms with van der Waals surface area (Å²) in [6, 6.07) is 6.41. The summed E-state index contributed by atoms with van der Waals surface area (Å²) in [5.41, 5.74) is 0.598. The van der Waals surface area contributed by atoms with Crippen molar-refractivity contribution >= 4 is 23.4 Å². The van der Waals surface area contributed by atoms with Gasteiger partial charge in [-0.15, -0.1) is 0 Å². The van der Waals surface area contributed by atoms with Gasteiger partial charge in [0.15, 0.2) is 0 Å². The number of anilines is 1. The van der Waals surface area contributed by atoms with Crippen LogP contribution in [0.5, 0.6) is 0 Å². The van der Waals surface area contributed by atoms with Gasteiger partial charge in [0.25, 0.3) is 5.76 Å². The Balaban J connectivity index is 1.93. The van der Waals surface area contributed by atoms with E-state index in [0.717, 1.165) is 6.54 Å². The van der Waals surface area contributed by atoms with E-state index in [0.29, 0.717) is 35.6 Å². The number of hydrogen-bond acceptors (Lipinski definition) is 4. The topological polar surface area (TPSA) is 50.4 Å². The first-order chi connectivity index (χ1) is 10.1. The van der Waals surface area contributed by atoms with Crippen LogP contribution in [0.15, 0.2) is 29.2 Å². The Hall–Kier alpha value is -1.18. The fourth-order valence-corrected chi connectivity index (χ4v) is 2.73. The molecule has 0 aromatic heterocycles. The number of carbonyl (C=O) groups excluding carboxylic acids is 1. The van der Waals surface area contributed by atoms with Crippen molar-refractivity contribution in [2.45, 2.75) is 23.6 Å². The standard InChI is InChI=1S/C14H18F2N2O2S/c1-2-17-12-8-20-7-11(12)13(19)18-9-3-5-10(6-4-9)21-14(15)16/h3-6,11-12,14,17H,2,7-8H2,1H3,(H,18,19). The molecule has 1 fully saturated rings. The quantitative estimate of drug-likeness (QED) is 0.792. The van der Waals surface area contributed by atoms with Crippen LogP contribution < -0.4 is 10.6 Å². The van der Waals surface area contributed by atoms with Crippen molar-refractivity contribution in [3.8, 4) is 0 Å². The molecule has 2 N–H and O–H groups in total. The molecule has 2 unspecified atom stereocenters. The van der Waals surface area contributed by atoms with Crippen LogP contribution in [0.3, 0.4) is 0 Å². The predicted octanol–water partition coefficient (Wildman–Crippen LogP) is 2.56. The number of rotatable bonds is 6. The number of alkyl halides is 2. The van der Waals surface area contributed by atoms with Gasteiger partial charge in [-0.2, -0.15) is 8.78 Å². The molecular formula is C14H18F2N2O2S. The summed E-state index contributed by atoms with van der Waals surface area (Å²) in [5, 5.41) is 6.02. The summed E-state index contributed by atoms with van der Waals surface area (Å²) in [4.78, 5) is 12.7. The summed E-state index contributed by atoms with van der Waals surface area (Å²) >= 11 is 0.482. The molecule has 2 atom stereocenters. The Labute approximate surface area is 126 Å². The third kappa shape index (κ3) is 4.66. The lowest BCUT2D eigenvalue weighted by Gasteiger charge is -2.17. The van der Waals surface area contributed by atoms with Crippen molar-refractivity contribution in [2.75, 3.05) is 25.1 Å². The second-order valence-electron chi connectivity index (χ2n) is 4.70. The number of likely N-dealkylation sites (N-methyl/N-ethyl adjacent to an activating group) is 1. The Kier molecular flexibility index (Phi) is 5.96. The van der Waals surface area contributed by atoms with Gasteiger partial charge in [0.2, 0.25) is 5.91 Å². The SMILES string of the molecule is CCNC1COCC1C(=O)Nc1ccc(SC(F)F)cc1. The van der Waals surface area contributed by atoms with Gasteiger partial charge < -0.3 is 15.4 Å². The van der Waals surface area contributed by atoms with E-state index in [1.165, 1.54) is 0 Å². The number of ether oxygens (including phenoxy) is 1. The van der Waals surface area contributed by atoms with Gasteiger partial charge in [0.05, 0.1) is 19.1 Å². The molecule has 116 valence electrons. The first kappa shape index (κ1) is 16.2. The minimum atomic E-state index is -2.44. The van der Waals surface area contributed by atoms with E-state index < -0.39 is 5.76 Å². The van der Waals surface area contributed by atoms with Crippen molar-refractivity contribution in [3.63, 3.8) is 0 Å². The molecule has 0 spiro atoms. The molecule has 1 aromatic carbocycles. The van der Waals surface area contributed by atoms with Crippen molar-refractivity contribution in [2.24, 2.45) is 5.92 Å². The average molecular weight is 316 g/mol. The van der Waals surface area contributed by atoms with Crippen LogP contribution in [0.1, 0.15) is 6.92 Å². The van der Waals surface area contributed by atoms with E-state index in [-0.39, 0.29) is 17.9 Å². The van der Waals surface area contributed by atoms with Crippen molar-refractivity contribution in [1.29, 1.82) is 0 Å². The van der Waals surface area contributed by atoms with Crippen molar-refractivity contribution < 1.29 is 18.3 Å². The highest BCUT2D eigenvalue weighted by molar-refractivity contribution is 7.99. The molecule has 0 saturated carbocycles. The monoisotopic (exact) mass is 316 g/mol. The Morgan fingerprint density at radius 1 is 1.38 bits per heavy atom. The number of benzene rings is 1. The zero-order valence-electron chi connectivity index (χ0n) is 11.6. The van der Waals surface area contributed by atoms with Crippen molar-refractivity contribution in [3.05, 3.63) is 24.3 Å². The summed E-state index contributed by atoms with van der Waals surface area (Å²) < 4.78 is 29.8. The first-order valence-corrected chi connectivity index (χ1v) is 7.65. The largest absolute Gasteiger partial charge is 0.379 e. The lowest BCUT2D eigenvalue weighted by Crippen LogP contribution is -2.41. The molecule has 1 aliphatic heterocycles. The number of thioether (sulfide) groups is 1. The Morgan fingerprint density at radius 3 is 2.71 bits per heavy atom. The smallest absolute Gasteiger partial charge is 0.288 e. The highest BCUT2D eigenvalue weighted by Crippen LogP contribution is 2.26. The summed E-state index contributed by atoms with van der Waals surface area (Å²) in [5.74, 6) is -2.80. The molecular weight excluding hydrogens is 298 g/mol. The lowest BCUT2D eigenvalue weighted by molar-refractivity contribution is -0.120. The second kappa shape index (κ2) is 7.72.